The first kappa shape index (κ1) is 16.6. The molecule has 1 aromatic heterocycles. The van der Waals surface area contributed by atoms with Crippen molar-refractivity contribution in [3.63, 3.8) is 0 Å². The highest BCUT2D eigenvalue weighted by Crippen LogP contribution is 2.39. The van der Waals surface area contributed by atoms with Crippen LogP contribution in [0.25, 0.3) is 0 Å². The van der Waals surface area contributed by atoms with E-state index in [1.807, 2.05) is 0 Å². The number of pyridine rings is 1. The van der Waals surface area contributed by atoms with Crippen molar-refractivity contribution in [2.75, 3.05) is 6.61 Å². The van der Waals surface area contributed by atoms with Gasteiger partial charge in [0.2, 0.25) is 0 Å². The summed E-state index contributed by atoms with van der Waals surface area (Å²) >= 11 is 5.39. The van der Waals surface area contributed by atoms with E-state index in [0.717, 1.165) is 0 Å². The molecule has 0 aliphatic carbocycles. The van der Waals surface area contributed by atoms with Gasteiger partial charge in [-0.1, -0.05) is 11.6 Å². The van der Waals surface area contributed by atoms with Crippen molar-refractivity contribution in [2.45, 2.75) is 25.9 Å². The molecule has 0 fully saturated rings. The quantitative estimate of drug-likeness (QED) is 0.482. The van der Waals surface area contributed by atoms with Crippen molar-refractivity contribution >= 4 is 17.6 Å². The van der Waals surface area contributed by atoms with Gasteiger partial charge in [0.05, 0.1) is 29.8 Å². The molecule has 0 bridgehead atoms. The van der Waals surface area contributed by atoms with E-state index in [0.29, 0.717) is 6.07 Å². The molecule has 0 saturated carbocycles. The van der Waals surface area contributed by atoms with Crippen LogP contribution in [-0.2, 0) is 22.1 Å². The number of ether oxygens (including phenoxy) is 1. The molecule has 0 radical (unpaired) electrons. The van der Waals surface area contributed by atoms with E-state index in [-0.39, 0.29) is 6.61 Å². The summed E-state index contributed by atoms with van der Waals surface area (Å²) in [5.74, 6) is -0.961. The molecule has 3 nitrogen and oxygen atoms in total. The highest BCUT2D eigenvalue weighted by molar-refractivity contribution is 6.29. The molecule has 0 spiro atoms. The second-order valence-corrected chi connectivity index (χ2v) is 4.02. The lowest BCUT2D eigenvalue weighted by molar-refractivity contribution is -0.143. The Morgan fingerprint density at radius 3 is 2.50 bits per heavy atom. The first-order chi connectivity index (χ1) is 9.16. The van der Waals surface area contributed by atoms with Gasteiger partial charge in [-0.25, -0.2) is 13.8 Å². The van der Waals surface area contributed by atoms with Crippen molar-refractivity contribution < 1.29 is 31.5 Å². The average Bonchev–Trinajstić information content (AvgIpc) is 2.26. The highest BCUT2D eigenvalue weighted by atomic mass is 35.5. The Balaban J connectivity index is 3.35. The number of carbonyl (C=O) groups excluding carboxylic acids is 1. The van der Waals surface area contributed by atoms with Crippen molar-refractivity contribution in [3.8, 4) is 0 Å². The molecule has 0 aromatic carbocycles. The third-order valence-corrected chi connectivity index (χ3v) is 2.44. The van der Waals surface area contributed by atoms with Crippen LogP contribution in [0.15, 0.2) is 6.07 Å². The van der Waals surface area contributed by atoms with Crippen molar-refractivity contribution in [1.29, 1.82) is 0 Å². The summed E-state index contributed by atoms with van der Waals surface area (Å²) in [4.78, 5) is 14.6. The van der Waals surface area contributed by atoms with Crippen LogP contribution in [0.3, 0.4) is 0 Å². The number of halogens is 6. The van der Waals surface area contributed by atoms with E-state index in [9.17, 15) is 26.7 Å². The second kappa shape index (κ2) is 6.34. The van der Waals surface area contributed by atoms with Gasteiger partial charge in [-0.3, -0.25) is 4.79 Å². The Morgan fingerprint density at radius 2 is 2.05 bits per heavy atom. The van der Waals surface area contributed by atoms with E-state index < -0.39 is 47.0 Å². The Hall–Kier alpha value is -1.44. The number of hydrogen-bond acceptors (Lipinski definition) is 3. The lowest BCUT2D eigenvalue weighted by atomic mass is 10.0. The third-order valence-electron chi connectivity index (χ3n) is 2.25. The maximum atomic E-state index is 12.9. The fourth-order valence-corrected chi connectivity index (χ4v) is 1.75. The molecule has 20 heavy (non-hydrogen) atoms. The van der Waals surface area contributed by atoms with Crippen LogP contribution in [0.4, 0.5) is 22.0 Å². The molecule has 1 aromatic rings. The summed E-state index contributed by atoms with van der Waals surface area (Å²) in [6.07, 6.45) is -9.28. The molecule has 0 amide bonds. The largest absolute Gasteiger partial charge is 0.466 e. The highest BCUT2D eigenvalue weighted by Gasteiger charge is 2.38. The SMILES string of the molecule is CCOC(=O)Cc1nc(Cl)cc(C(F)(F)F)c1C(F)F. The van der Waals surface area contributed by atoms with E-state index in [1.54, 1.807) is 0 Å². The number of aromatic nitrogens is 1. The minimum atomic E-state index is -5.03. The van der Waals surface area contributed by atoms with Crippen LogP contribution in [0.2, 0.25) is 5.15 Å². The zero-order valence-corrected chi connectivity index (χ0v) is 10.9. The van der Waals surface area contributed by atoms with Crippen LogP contribution in [0.1, 0.15) is 30.2 Å². The molecule has 0 aliphatic rings. The molecule has 0 aliphatic heterocycles. The molecule has 0 atom stereocenters. The summed E-state index contributed by atoms with van der Waals surface area (Å²) in [6.45, 7) is 1.44. The molecule has 0 unspecified atom stereocenters. The summed E-state index contributed by atoms with van der Waals surface area (Å²) in [5.41, 5.74) is -3.69. The molecule has 0 N–H and O–H groups in total. The van der Waals surface area contributed by atoms with Crippen molar-refractivity contribution in [2.24, 2.45) is 0 Å². The number of hydrogen-bond donors (Lipinski definition) is 0. The Morgan fingerprint density at radius 1 is 1.45 bits per heavy atom. The average molecular weight is 318 g/mol. The predicted octanol–water partition coefficient (Wildman–Crippen LogP) is 3.80. The van der Waals surface area contributed by atoms with Crippen molar-refractivity contribution in [3.05, 3.63) is 28.0 Å². The monoisotopic (exact) mass is 317 g/mol. The van der Waals surface area contributed by atoms with Gasteiger partial charge in [-0.15, -0.1) is 0 Å². The molecule has 112 valence electrons. The van der Waals surface area contributed by atoms with Gasteiger partial charge in [-0.05, 0) is 13.0 Å². The van der Waals surface area contributed by atoms with Gasteiger partial charge < -0.3 is 4.74 Å². The first-order valence-corrected chi connectivity index (χ1v) is 5.74. The number of nitrogens with zero attached hydrogens (tertiary/aromatic N) is 1. The Bertz CT molecular complexity index is 504. The molecule has 1 heterocycles. The molecule has 9 heteroatoms. The fraction of sp³-hybridized carbons (Fsp3) is 0.455. The summed E-state index contributed by atoms with van der Waals surface area (Å²) in [7, 11) is 0. The van der Waals surface area contributed by atoms with E-state index >= 15 is 0 Å². The van der Waals surface area contributed by atoms with Crippen LogP contribution in [0, 0.1) is 0 Å². The minimum Gasteiger partial charge on any atom is -0.466 e. The van der Waals surface area contributed by atoms with E-state index in [4.69, 9.17) is 11.6 Å². The van der Waals surface area contributed by atoms with Crippen molar-refractivity contribution in [1.82, 2.24) is 4.98 Å². The summed E-state index contributed by atoms with van der Waals surface area (Å²) in [6, 6.07) is 0.303. The Kier molecular flexibility index (Phi) is 5.27. The van der Waals surface area contributed by atoms with Gasteiger partial charge in [0, 0.05) is 0 Å². The zero-order chi connectivity index (χ0) is 15.5. The second-order valence-electron chi connectivity index (χ2n) is 3.63. The third kappa shape index (κ3) is 4.03. The van der Waals surface area contributed by atoms with Crippen LogP contribution in [-0.4, -0.2) is 17.6 Å². The van der Waals surface area contributed by atoms with Gasteiger partial charge in [0.1, 0.15) is 5.15 Å². The molecular weight excluding hydrogens is 309 g/mol. The summed E-state index contributed by atoms with van der Waals surface area (Å²) in [5, 5.41) is -0.624. The van der Waals surface area contributed by atoms with Gasteiger partial charge in [-0.2, -0.15) is 13.2 Å². The standard InChI is InChI=1S/C11H9ClF5NO2/c1-2-20-8(19)4-6-9(10(13)14)5(11(15,16)17)3-7(12)18-6/h3,10H,2,4H2,1H3. The Labute approximate surface area is 115 Å². The maximum absolute atomic E-state index is 12.9. The molecular formula is C11H9ClF5NO2. The number of alkyl halides is 5. The number of esters is 1. The molecule has 0 saturated heterocycles. The maximum Gasteiger partial charge on any atom is 0.417 e. The van der Waals surface area contributed by atoms with Crippen LogP contribution < -0.4 is 0 Å². The van der Waals surface area contributed by atoms with Crippen LogP contribution in [0.5, 0.6) is 0 Å². The van der Waals surface area contributed by atoms with Crippen LogP contribution >= 0.6 is 11.6 Å². The fourth-order valence-electron chi connectivity index (χ4n) is 1.54. The summed E-state index contributed by atoms with van der Waals surface area (Å²) < 4.78 is 68.4. The zero-order valence-electron chi connectivity index (χ0n) is 10.1. The van der Waals surface area contributed by atoms with Gasteiger partial charge in [0.25, 0.3) is 6.43 Å². The first-order valence-electron chi connectivity index (χ1n) is 5.37. The van der Waals surface area contributed by atoms with E-state index in [2.05, 4.69) is 9.72 Å². The van der Waals surface area contributed by atoms with Gasteiger partial charge in [0.15, 0.2) is 0 Å². The number of rotatable bonds is 4. The van der Waals surface area contributed by atoms with Gasteiger partial charge >= 0.3 is 12.1 Å². The topological polar surface area (TPSA) is 39.2 Å². The number of carbonyl (C=O) groups is 1. The lowest BCUT2D eigenvalue weighted by Crippen LogP contribution is -2.17. The molecule has 1 rings (SSSR count). The lowest BCUT2D eigenvalue weighted by Gasteiger charge is -2.16. The minimum absolute atomic E-state index is 0.0322. The smallest absolute Gasteiger partial charge is 0.417 e. The normalized spacial score (nSPS) is 11.8. The predicted molar refractivity (Wildman–Crippen MR) is 59.5 cm³/mol. The van der Waals surface area contributed by atoms with E-state index in [1.165, 1.54) is 6.92 Å².